The standard InChI is InChI=1S/C20H17N5O2/c26-19(11-10-18-21-14-6-1-2-8-16(14)27-18)24-13-5-7-15(24)20-23-22-17-9-3-4-12-25(17)20/h1-4,6,8-12,15H,5,7,13H2/b11-10+/t15-/m0/s1. The Morgan fingerprint density at radius 2 is 2.04 bits per heavy atom. The first kappa shape index (κ1) is 15.7. The zero-order valence-corrected chi connectivity index (χ0v) is 14.5. The fourth-order valence-electron chi connectivity index (χ4n) is 3.59. The van der Waals surface area contributed by atoms with Gasteiger partial charge in [-0.3, -0.25) is 9.20 Å². The number of amides is 1. The number of carbonyl (C=O) groups is 1. The number of hydrogen-bond acceptors (Lipinski definition) is 5. The molecule has 7 nitrogen and oxygen atoms in total. The number of rotatable bonds is 3. The van der Waals surface area contributed by atoms with Crippen LogP contribution in [0.4, 0.5) is 0 Å². The molecule has 5 rings (SSSR count). The molecule has 0 radical (unpaired) electrons. The summed E-state index contributed by atoms with van der Waals surface area (Å²) in [5.41, 5.74) is 2.27. The fraction of sp³-hybridized carbons (Fsp3) is 0.200. The molecule has 0 saturated carbocycles. The van der Waals surface area contributed by atoms with Crippen LogP contribution in [0.1, 0.15) is 30.6 Å². The van der Waals surface area contributed by atoms with Crippen molar-refractivity contribution >= 4 is 28.7 Å². The molecule has 0 aliphatic carbocycles. The zero-order valence-electron chi connectivity index (χ0n) is 14.5. The second-order valence-corrected chi connectivity index (χ2v) is 6.53. The Hall–Kier alpha value is -3.48. The van der Waals surface area contributed by atoms with Gasteiger partial charge in [-0.1, -0.05) is 18.2 Å². The first-order valence-electron chi connectivity index (χ1n) is 8.93. The van der Waals surface area contributed by atoms with E-state index < -0.39 is 0 Å². The summed E-state index contributed by atoms with van der Waals surface area (Å²) in [5, 5.41) is 8.53. The van der Waals surface area contributed by atoms with Crippen LogP contribution < -0.4 is 0 Å². The van der Waals surface area contributed by atoms with Gasteiger partial charge in [0.2, 0.25) is 11.8 Å². The summed E-state index contributed by atoms with van der Waals surface area (Å²) >= 11 is 0. The number of likely N-dealkylation sites (tertiary alicyclic amines) is 1. The van der Waals surface area contributed by atoms with Crippen molar-refractivity contribution in [1.29, 1.82) is 0 Å². The molecular weight excluding hydrogens is 342 g/mol. The van der Waals surface area contributed by atoms with E-state index in [0.717, 1.165) is 29.8 Å². The van der Waals surface area contributed by atoms with Gasteiger partial charge < -0.3 is 9.32 Å². The zero-order chi connectivity index (χ0) is 18.2. The Labute approximate surface area is 154 Å². The largest absolute Gasteiger partial charge is 0.437 e. The van der Waals surface area contributed by atoms with Crippen molar-refractivity contribution in [3.8, 4) is 0 Å². The van der Waals surface area contributed by atoms with Crippen molar-refractivity contribution in [2.75, 3.05) is 6.54 Å². The molecule has 0 bridgehead atoms. The Bertz CT molecular complexity index is 1130. The summed E-state index contributed by atoms with van der Waals surface area (Å²) in [6.07, 6.45) is 6.89. The molecule has 0 N–H and O–H groups in total. The van der Waals surface area contributed by atoms with Crippen LogP contribution in [-0.4, -0.2) is 36.9 Å². The van der Waals surface area contributed by atoms with Crippen LogP contribution in [0.5, 0.6) is 0 Å². The Morgan fingerprint density at radius 1 is 1.15 bits per heavy atom. The molecule has 1 atom stereocenters. The fourth-order valence-corrected chi connectivity index (χ4v) is 3.59. The van der Waals surface area contributed by atoms with Gasteiger partial charge in [0.05, 0.1) is 6.04 Å². The van der Waals surface area contributed by atoms with Crippen molar-refractivity contribution in [1.82, 2.24) is 24.5 Å². The topological polar surface area (TPSA) is 76.5 Å². The van der Waals surface area contributed by atoms with Gasteiger partial charge in [-0.25, -0.2) is 4.98 Å². The van der Waals surface area contributed by atoms with E-state index in [-0.39, 0.29) is 11.9 Å². The molecule has 0 unspecified atom stereocenters. The maximum Gasteiger partial charge on any atom is 0.247 e. The van der Waals surface area contributed by atoms with Crippen LogP contribution in [0.15, 0.2) is 59.2 Å². The molecule has 4 heterocycles. The summed E-state index contributed by atoms with van der Waals surface area (Å²) < 4.78 is 7.59. The third kappa shape index (κ3) is 2.77. The normalized spacial score (nSPS) is 17.5. The van der Waals surface area contributed by atoms with Gasteiger partial charge in [0, 0.05) is 24.9 Å². The molecular formula is C20H17N5O2. The van der Waals surface area contributed by atoms with E-state index in [9.17, 15) is 4.79 Å². The summed E-state index contributed by atoms with van der Waals surface area (Å²) in [6, 6.07) is 13.2. The molecule has 134 valence electrons. The van der Waals surface area contributed by atoms with Gasteiger partial charge in [0.25, 0.3) is 0 Å². The predicted molar refractivity (Wildman–Crippen MR) is 99.7 cm³/mol. The minimum atomic E-state index is -0.0804. The van der Waals surface area contributed by atoms with Crippen molar-refractivity contribution in [3.05, 3.63) is 66.5 Å². The van der Waals surface area contributed by atoms with Crippen LogP contribution in [0.25, 0.3) is 22.8 Å². The lowest BCUT2D eigenvalue weighted by atomic mass is 10.2. The maximum atomic E-state index is 12.8. The molecule has 1 amide bonds. The van der Waals surface area contributed by atoms with Gasteiger partial charge >= 0.3 is 0 Å². The first-order chi connectivity index (χ1) is 13.3. The number of benzene rings is 1. The molecule has 1 aliphatic rings. The van der Waals surface area contributed by atoms with Crippen LogP contribution in [0.2, 0.25) is 0 Å². The summed E-state index contributed by atoms with van der Waals surface area (Å²) in [4.78, 5) is 19.0. The highest BCUT2D eigenvalue weighted by Crippen LogP contribution is 2.31. The molecule has 1 fully saturated rings. The SMILES string of the molecule is O=C(/C=C/c1nc2ccccc2o1)N1CCC[C@H]1c1nnc2ccccn12. The highest BCUT2D eigenvalue weighted by Gasteiger charge is 2.32. The molecule has 27 heavy (non-hydrogen) atoms. The average molecular weight is 359 g/mol. The van der Waals surface area contributed by atoms with Crippen molar-refractivity contribution < 1.29 is 9.21 Å². The van der Waals surface area contributed by atoms with Gasteiger partial charge in [-0.15, -0.1) is 10.2 Å². The monoisotopic (exact) mass is 359 g/mol. The molecule has 1 saturated heterocycles. The number of aromatic nitrogens is 4. The molecule has 4 aromatic rings. The van der Waals surface area contributed by atoms with Crippen LogP contribution in [-0.2, 0) is 4.79 Å². The molecule has 3 aromatic heterocycles. The number of carbonyl (C=O) groups excluding carboxylic acids is 1. The number of hydrogen-bond donors (Lipinski definition) is 0. The number of fused-ring (bicyclic) bond motifs is 2. The van der Waals surface area contributed by atoms with E-state index in [2.05, 4.69) is 15.2 Å². The van der Waals surface area contributed by atoms with E-state index in [1.54, 1.807) is 6.08 Å². The van der Waals surface area contributed by atoms with Crippen LogP contribution in [0.3, 0.4) is 0 Å². The summed E-state index contributed by atoms with van der Waals surface area (Å²) in [7, 11) is 0. The smallest absolute Gasteiger partial charge is 0.247 e. The van der Waals surface area contributed by atoms with E-state index in [0.29, 0.717) is 18.0 Å². The number of oxazole rings is 1. The highest BCUT2D eigenvalue weighted by molar-refractivity contribution is 5.92. The van der Waals surface area contributed by atoms with E-state index in [4.69, 9.17) is 4.42 Å². The Morgan fingerprint density at radius 3 is 2.96 bits per heavy atom. The second-order valence-electron chi connectivity index (χ2n) is 6.53. The number of nitrogens with zero attached hydrogens (tertiary/aromatic N) is 5. The molecule has 0 spiro atoms. The number of pyridine rings is 1. The molecule has 7 heteroatoms. The van der Waals surface area contributed by atoms with Gasteiger partial charge in [0.1, 0.15) is 5.52 Å². The van der Waals surface area contributed by atoms with Gasteiger partial charge in [-0.05, 0) is 37.1 Å². The van der Waals surface area contributed by atoms with Gasteiger partial charge in [-0.2, -0.15) is 0 Å². The lowest BCUT2D eigenvalue weighted by molar-refractivity contribution is -0.127. The van der Waals surface area contributed by atoms with Crippen molar-refractivity contribution in [2.45, 2.75) is 18.9 Å². The quantitative estimate of drug-likeness (QED) is 0.525. The van der Waals surface area contributed by atoms with Crippen LogP contribution >= 0.6 is 0 Å². The molecule has 1 aliphatic heterocycles. The highest BCUT2D eigenvalue weighted by atomic mass is 16.3. The van der Waals surface area contributed by atoms with Crippen LogP contribution in [0, 0.1) is 0 Å². The Balaban J connectivity index is 1.40. The minimum Gasteiger partial charge on any atom is -0.437 e. The minimum absolute atomic E-state index is 0.0764. The Kier molecular flexibility index (Phi) is 3.71. The van der Waals surface area contributed by atoms with Crippen molar-refractivity contribution in [2.24, 2.45) is 0 Å². The maximum absolute atomic E-state index is 12.8. The number of para-hydroxylation sites is 2. The first-order valence-corrected chi connectivity index (χ1v) is 8.93. The average Bonchev–Trinajstić information content (AvgIpc) is 3.42. The predicted octanol–water partition coefficient (Wildman–Crippen LogP) is 3.25. The lowest BCUT2D eigenvalue weighted by Gasteiger charge is -2.21. The lowest BCUT2D eigenvalue weighted by Crippen LogP contribution is -2.30. The van der Waals surface area contributed by atoms with Crippen molar-refractivity contribution in [3.63, 3.8) is 0 Å². The molecule has 1 aromatic carbocycles. The summed E-state index contributed by atoms with van der Waals surface area (Å²) in [6.45, 7) is 0.698. The summed E-state index contributed by atoms with van der Waals surface area (Å²) in [5.74, 6) is 1.15. The van der Waals surface area contributed by atoms with Gasteiger partial charge in [0.15, 0.2) is 17.1 Å². The van der Waals surface area contributed by atoms with E-state index in [1.807, 2.05) is 58.0 Å². The second kappa shape index (κ2) is 6.35. The third-order valence-corrected chi connectivity index (χ3v) is 4.85. The third-order valence-electron chi connectivity index (χ3n) is 4.85. The van der Waals surface area contributed by atoms with E-state index >= 15 is 0 Å². The van der Waals surface area contributed by atoms with E-state index in [1.165, 1.54) is 6.08 Å².